The van der Waals surface area contributed by atoms with Crippen molar-refractivity contribution in [1.82, 2.24) is 5.32 Å². The summed E-state index contributed by atoms with van der Waals surface area (Å²) >= 11 is 2.17. The monoisotopic (exact) mass is 285 g/mol. The number of nitrogens with one attached hydrogen (secondary N) is 1. The zero-order valence-corrected chi connectivity index (χ0v) is 13.1. The minimum Gasteiger partial charge on any atom is -0.378 e. The van der Waals surface area contributed by atoms with E-state index in [2.05, 4.69) is 31.1 Å². The Morgan fingerprint density at radius 3 is 2.84 bits per heavy atom. The summed E-state index contributed by atoms with van der Waals surface area (Å²) in [5.74, 6) is 2.06. The van der Waals surface area contributed by atoms with Gasteiger partial charge in [0.2, 0.25) is 0 Å². The molecule has 3 fully saturated rings. The topological polar surface area (TPSA) is 30.5 Å². The van der Waals surface area contributed by atoms with E-state index in [-0.39, 0.29) is 5.60 Å². The largest absolute Gasteiger partial charge is 0.378 e. The van der Waals surface area contributed by atoms with Crippen LogP contribution in [0.1, 0.15) is 39.0 Å². The first-order chi connectivity index (χ1) is 9.18. The first-order valence-corrected chi connectivity index (χ1v) is 8.69. The molecular weight excluding hydrogens is 258 g/mol. The summed E-state index contributed by atoms with van der Waals surface area (Å²) in [5.41, 5.74) is 0.0393. The summed E-state index contributed by atoms with van der Waals surface area (Å²) in [7, 11) is 2.14. The van der Waals surface area contributed by atoms with E-state index in [1.54, 1.807) is 0 Å². The van der Waals surface area contributed by atoms with Gasteiger partial charge in [-0.1, -0.05) is 0 Å². The van der Waals surface area contributed by atoms with Gasteiger partial charge in [0.05, 0.1) is 12.2 Å². The van der Waals surface area contributed by atoms with Gasteiger partial charge in [0.15, 0.2) is 0 Å². The van der Waals surface area contributed by atoms with Gasteiger partial charge in [0, 0.05) is 30.4 Å². The fourth-order valence-corrected chi connectivity index (χ4v) is 5.83. The molecule has 19 heavy (non-hydrogen) atoms. The summed E-state index contributed by atoms with van der Waals surface area (Å²) in [6.45, 7) is 5.05. The molecule has 1 N–H and O–H groups in total. The summed E-state index contributed by atoms with van der Waals surface area (Å²) in [4.78, 5) is 0. The van der Waals surface area contributed by atoms with Crippen molar-refractivity contribution in [3.63, 3.8) is 0 Å². The predicted molar refractivity (Wildman–Crippen MR) is 79.8 cm³/mol. The smallest absolute Gasteiger partial charge is 0.0939 e. The third kappa shape index (κ3) is 2.69. The lowest BCUT2D eigenvalue weighted by molar-refractivity contribution is -0.104. The molecule has 4 atom stereocenters. The van der Waals surface area contributed by atoms with Crippen LogP contribution in [0.5, 0.6) is 0 Å². The quantitative estimate of drug-likeness (QED) is 0.863. The van der Waals surface area contributed by atoms with Crippen molar-refractivity contribution in [2.75, 3.05) is 32.6 Å². The Balaban J connectivity index is 1.72. The van der Waals surface area contributed by atoms with Crippen LogP contribution in [0.15, 0.2) is 0 Å². The Labute approximate surface area is 121 Å². The molecule has 0 aromatic rings. The molecule has 0 aromatic carbocycles. The van der Waals surface area contributed by atoms with Crippen LogP contribution in [-0.2, 0) is 9.47 Å². The van der Waals surface area contributed by atoms with Gasteiger partial charge in [0.25, 0.3) is 0 Å². The molecule has 1 spiro atoms. The average molecular weight is 285 g/mol. The van der Waals surface area contributed by atoms with E-state index in [9.17, 15) is 0 Å². The third-order valence-electron chi connectivity index (χ3n) is 5.29. The fourth-order valence-electron chi connectivity index (χ4n) is 4.30. The van der Waals surface area contributed by atoms with Crippen LogP contribution < -0.4 is 5.32 Å². The lowest BCUT2D eigenvalue weighted by Gasteiger charge is -2.45. The van der Waals surface area contributed by atoms with Gasteiger partial charge in [-0.2, -0.15) is 11.8 Å². The minimum atomic E-state index is 0.0393. The molecule has 4 heteroatoms. The SMILES string of the molecule is CNC(C1CCOC2(CCOC2)C1)C1(C)CCCS1. The first-order valence-electron chi connectivity index (χ1n) is 7.70. The van der Waals surface area contributed by atoms with Crippen molar-refractivity contribution < 1.29 is 9.47 Å². The van der Waals surface area contributed by atoms with Crippen LogP contribution in [0.4, 0.5) is 0 Å². The van der Waals surface area contributed by atoms with Crippen LogP contribution >= 0.6 is 11.8 Å². The van der Waals surface area contributed by atoms with E-state index in [0.29, 0.717) is 10.8 Å². The lowest BCUT2D eigenvalue weighted by atomic mass is 9.76. The predicted octanol–water partition coefficient (Wildman–Crippen LogP) is 2.45. The molecule has 110 valence electrons. The number of hydrogen-bond acceptors (Lipinski definition) is 4. The highest BCUT2D eigenvalue weighted by Gasteiger charge is 2.47. The standard InChI is InChI=1S/C15H27NO2S/c1-14(5-3-9-19-14)13(16-2)12-4-7-18-15(10-12)6-8-17-11-15/h12-13,16H,3-11H2,1-2H3. The highest BCUT2D eigenvalue weighted by atomic mass is 32.2. The van der Waals surface area contributed by atoms with E-state index in [0.717, 1.165) is 32.2 Å². The number of hydrogen-bond donors (Lipinski definition) is 1. The maximum atomic E-state index is 6.09. The second-order valence-corrected chi connectivity index (χ2v) is 8.25. The van der Waals surface area contributed by atoms with Crippen LogP contribution in [0.2, 0.25) is 0 Å². The van der Waals surface area contributed by atoms with Crippen LogP contribution in [0.3, 0.4) is 0 Å². The molecule has 0 aromatic heterocycles. The zero-order chi connectivity index (χ0) is 13.3. The minimum absolute atomic E-state index is 0.0393. The molecule has 3 aliphatic rings. The average Bonchev–Trinajstić information content (AvgIpc) is 3.01. The van der Waals surface area contributed by atoms with Crippen molar-refractivity contribution in [3.8, 4) is 0 Å². The van der Waals surface area contributed by atoms with Crippen molar-refractivity contribution in [3.05, 3.63) is 0 Å². The molecule has 3 rings (SSSR count). The van der Waals surface area contributed by atoms with E-state index < -0.39 is 0 Å². The van der Waals surface area contributed by atoms with E-state index in [1.807, 2.05) is 0 Å². The number of rotatable bonds is 3. The number of thioether (sulfide) groups is 1. The van der Waals surface area contributed by atoms with Crippen molar-refractivity contribution in [2.24, 2.45) is 5.92 Å². The van der Waals surface area contributed by atoms with Gasteiger partial charge >= 0.3 is 0 Å². The second kappa shape index (κ2) is 5.55. The molecular formula is C15H27NO2S. The van der Waals surface area contributed by atoms with Gasteiger partial charge in [-0.05, 0) is 51.3 Å². The van der Waals surface area contributed by atoms with E-state index >= 15 is 0 Å². The Morgan fingerprint density at radius 1 is 1.32 bits per heavy atom. The summed E-state index contributed by atoms with van der Waals surface area (Å²) in [6.07, 6.45) is 6.18. The molecule has 4 unspecified atom stereocenters. The van der Waals surface area contributed by atoms with Crippen molar-refractivity contribution >= 4 is 11.8 Å². The highest BCUT2D eigenvalue weighted by Crippen LogP contribution is 2.46. The molecule has 0 saturated carbocycles. The van der Waals surface area contributed by atoms with E-state index in [1.165, 1.54) is 31.4 Å². The van der Waals surface area contributed by atoms with Gasteiger partial charge in [-0.3, -0.25) is 0 Å². The maximum Gasteiger partial charge on any atom is 0.0939 e. The van der Waals surface area contributed by atoms with Gasteiger partial charge < -0.3 is 14.8 Å². The highest BCUT2D eigenvalue weighted by molar-refractivity contribution is 8.00. The Morgan fingerprint density at radius 2 is 2.21 bits per heavy atom. The third-order valence-corrected chi connectivity index (χ3v) is 6.90. The Hall–Kier alpha value is 0.230. The van der Waals surface area contributed by atoms with Gasteiger partial charge in [0.1, 0.15) is 0 Å². The normalized spacial score (nSPS) is 44.8. The molecule has 3 aliphatic heterocycles. The maximum absolute atomic E-state index is 6.09. The van der Waals surface area contributed by atoms with Crippen LogP contribution in [0.25, 0.3) is 0 Å². The summed E-state index contributed by atoms with van der Waals surface area (Å²) in [5, 5.41) is 3.64. The summed E-state index contributed by atoms with van der Waals surface area (Å²) in [6, 6.07) is 0.612. The molecule has 0 bridgehead atoms. The Bertz CT molecular complexity index is 311. The summed E-state index contributed by atoms with van der Waals surface area (Å²) < 4.78 is 12.1. The second-order valence-electron chi connectivity index (χ2n) is 6.62. The van der Waals surface area contributed by atoms with Crippen LogP contribution in [0, 0.1) is 5.92 Å². The van der Waals surface area contributed by atoms with Gasteiger partial charge in [-0.15, -0.1) is 0 Å². The van der Waals surface area contributed by atoms with Gasteiger partial charge in [-0.25, -0.2) is 0 Å². The molecule has 0 radical (unpaired) electrons. The molecule has 0 amide bonds. The molecule has 3 saturated heterocycles. The Kier molecular flexibility index (Phi) is 4.14. The molecule has 0 aliphatic carbocycles. The van der Waals surface area contributed by atoms with Crippen molar-refractivity contribution in [1.29, 1.82) is 0 Å². The van der Waals surface area contributed by atoms with Crippen LogP contribution in [-0.4, -0.2) is 49.0 Å². The molecule has 3 nitrogen and oxygen atoms in total. The van der Waals surface area contributed by atoms with Crippen molar-refractivity contribution in [2.45, 2.75) is 55.4 Å². The fraction of sp³-hybridized carbons (Fsp3) is 1.00. The van der Waals surface area contributed by atoms with E-state index in [4.69, 9.17) is 9.47 Å². The first kappa shape index (κ1) is 14.2. The zero-order valence-electron chi connectivity index (χ0n) is 12.2. The lowest BCUT2D eigenvalue weighted by Crippen LogP contribution is -2.53. The molecule has 3 heterocycles. The number of ether oxygens (including phenoxy) is 2.